The number of benzene rings is 4. The van der Waals surface area contributed by atoms with E-state index in [4.69, 9.17) is 16.6 Å². The van der Waals surface area contributed by atoms with Crippen molar-refractivity contribution in [2.75, 3.05) is 10.6 Å². The number of nitrogens with one attached hydrogen (secondary N) is 2. The Hall–Kier alpha value is -4.22. The molecule has 0 unspecified atom stereocenters. The lowest BCUT2D eigenvalue weighted by atomic mass is 10.1. The molecule has 5 aromatic rings. The van der Waals surface area contributed by atoms with Gasteiger partial charge in [0, 0.05) is 32.9 Å². The van der Waals surface area contributed by atoms with Gasteiger partial charge in [0.05, 0.1) is 11.2 Å². The van der Waals surface area contributed by atoms with E-state index in [0.717, 1.165) is 33.4 Å². The highest BCUT2D eigenvalue weighted by atomic mass is 35.5. The predicted octanol–water partition coefficient (Wildman–Crippen LogP) is 7.25. The molecular weight excluding hydrogens is 444 g/mol. The van der Waals surface area contributed by atoms with E-state index in [2.05, 4.69) is 15.6 Å². The zero-order valence-corrected chi connectivity index (χ0v) is 19.2. The maximum Gasteiger partial charge on any atom is 0.255 e. The molecule has 0 bridgehead atoms. The van der Waals surface area contributed by atoms with Gasteiger partial charge in [0.15, 0.2) is 0 Å². The van der Waals surface area contributed by atoms with Crippen molar-refractivity contribution in [3.63, 3.8) is 0 Å². The van der Waals surface area contributed by atoms with E-state index in [9.17, 15) is 4.79 Å². The fraction of sp³-hybridized carbons (Fsp3) is 0.0357. The number of aromatic nitrogens is 2. The standard InChI is InChI=1S/C28H21ClN4O/c1-18-10-13-22(14-11-18)30-27(34)20-8-5-9-23(16-20)31-28-32-25-15-12-21(29)17-24(25)26(33-28)19-6-3-2-4-7-19/h2-17H,1H3,(H,30,34)(H,31,32,33). The fourth-order valence-corrected chi connectivity index (χ4v) is 3.85. The summed E-state index contributed by atoms with van der Waals surface area (Å²) < 4.78 is 0. The van der Waals surface area contributed by atoms with Crippen molar-refractivity contribution in [3.05, 3.63) is 113 Å². The van der Waals surface area contributed by atoms with Gasteiger partial charge in [-0.25, -0.2) is 9.97 Å². The Balaban J connectivity index is 1.46. The van der Waals surface area contributed by atoms with Crippen LogP contribution in [-0.2, 0) is 0 Å². The van der Waals surface area contributed by atoms with Crippen LogP contribution in [0.15, 0.2) is 97.1 Å². The molecule has 0 spiro atoms. The summed E-state index contributed by atoms with van der Waals surface area (Å²) in [6, 6.07) is 30.4. The van der Waals surface area contributed by atoms with Crippen molar-refractivity contribution in [2.45, 2.75) is 6.92 Å². The van der Waals surface area contributed by atoms with Crippen molar-refractivity contribution < 1.29 is 4.79 Å². The number of halogens is 1. The molecule has 34 heavy (non-hydrogen) atoms. The first kappa shape index (κ1) is 21.6. The minimum absolute atomic E-state index is 0.188. The van der Waals surface area contributed by atoms with Crippen LogP contribution in [0.2, 0.25) is 5.02 Å². The first-order chi connectivity index (χ1) is 16.5. The van der Waals surface area contributed by atoms with Gasteiger partial charge in [-0.1, -0.05) is 65.7 Å². The van der Waals surface area contributed by atoms with Crippen LogP contribution in [0, 0.1) is 6.92 Å². The Morgan fingerprint density at radius 2 is 1.59 bits per heavy atom. The van der Waals surface area contributed by atoms with Crippen LogP contribution >= 0.6 is 11.6 Å². The van der Waals surface area contributed by atoms with Crippen LogP contribution in [0.3, 0.4) is 0 Å². The molecule has 166 valence electrons. The molecule has 1 heterocycles. The molecule has 0 atom stereocenters. The van der Waals surface area contributed by atoms with E-state index in [0.29, 0.717) is 22.2 Å². The lowest BCUT2D eigenvalue weighted by Gasteiger charge is -2.12. The summed E-state index contributed by atoms with van der Waals surface area (Å²) in [5.41, 5.74) is 5.64. The van der Waals surface area contributed by atoms with Gasteiger partial charge in [0.1, 0.15) is 0 Å². The first-order valence-electron chi connectivity index (χ1n) is 10.8. The summed E-state index contributed by atoms with van der Waals surface area (Å²) in [6.45, 7) is 2.01. The van der Waals surface area contributed by atoms with Crippen LogP contribution in [0.5, 0.6) is 0 Å². The van der Waals surface area contributed by atoms with Crippen molar-refractivity contribution >= 4 is 45.7 Å². The van der Waals surface area contributed by atoms with Gasteiger partial charge in [-0.2, -0.15) is 0 Å². The van der Waals surface area contributed by atoms with E-state index in [1.54, 1.807) is 12.1 Å². The van der Waals surface area contributed by atoms with E-state index in [1.807, 2.05) is 91.9 Å². The van der Waals surface area contributed by atoms with E-state index in [1.165, 1.54) is 0 Å². The number of anilines is 3. The highest BCUT2D eigenvalue weighted by molar-refractivity contribution is 6.31. The van der Waals surface area contributed by atoms with Crippen LogP contribution < -0.4 is 10.6 Å². The molecule has 0 saturated heterocycles. The second kappa shape index (κ2) is 9.33. The molecule has 6 heteroatoms. The third-order valence-corrected chi connectivity index (χ3v) is 5.63. The highest BCUT2D eigenvalue weighted by Crippen LogP contribution is 2.30. The number of fused-ring (bicyclic) bond motifs is 1. The number of hydrogen-bond acceptors (Lipinski definition) is 4. The maximum atomic E-state index is 12.8. The van der Waals surface area contributed by atoms with E-state index >= 15 is 0 Å². The first-order valence-corrected chi connectivity index (χ1v) is 11.2. The van der Waals surface area contributed by atoms with Crippen molar-refractivity contribution in [1.29, 1.82) is 0 Å². The van der Waals surface area contributed by atoms with Gasteiger partial charge in [0.2, 0.25) is 5.95 Å². The molecule has 0 aliphatic rings. The number of carbonyl (C=O) groups is 1. The number of rotatable bonds is 5. The molecule has 0 fully saturated rings. The Morgan fingerprint density at radius 1 is 0.794 bits per heavy atom. The third-order valence-electron chi connectivity index (χ3n) is 5.40. The van der Waals surface area contributed by atoms with Gasteiger partial charge in [0.25, 0.3) is 5.91 Å². The van der Waals surface area contributed by atoms with Crippen molar-refractivity contribution in [2.24, 2.45) is 0 Å². The molecular formula is C28H21ClN4O. The molecule has 5 nitrogen and oxygen atoms in total. The Labute approximate surface area is 202 Å². The largest absolute Gasteiger partial charge is 0.324 e. The minimum atomic E-state index is -0.188. The molecule has 1 amide bonds. The van der Waals surface area contributed by atoms with Crippen molar-refractivity contribution in [1.82, 2.24) is 9.97 Å². The van der Waals surface area contributed by atoms with Crippen LogP contribution in [0.25, 0.3) is 22.2 Å². The van der Waals surface area contributed by atoms with Crippen LogP contribution in [0.4, 0.5) is 17.3 Å². The summed E-state index contributed by atoms with van der Waals surface area (Å²) in [6.07, 6.45) is 0. The van der Waals surface area contributed by atoms with Crippen LogP contribution in [0.1, 0.15) is 15.9 Å². The summed E-state index contributed by atoms with van der Waals surface area (Å²) in [4.78, 5) is 22.2. The Bertz CT molecular complexity index is 1480. The number of hydrogen-bond donors (Lipinski definition) is 2. The molecule has 0 aliphatic heterocycles. The Kier molecular flexibility index (Phi) is 5.93. The fourth-order valence-electron chi connectivity index (χ4n) is 3.68. The summed E-state index contributed by atoms with van der Waals surface area (Å²) >= 11 is 6.25. The molecule has 0 radical (unpaired) electrons. The normalized spacial score (nSPS) is 10.8. The van der Waals surface area contributed by atoms with Gasteiger partial charge < -0.3 is 10.6 Å². The van der Waals surface area contributed by atoms with Gasteiger partial charge in [-0.15, -0.1) is 0 Å². The second-order valence-electron chi connectivity index (χ2n) is 7.95. The molecule has 2 N–H and O–H groups in total. The lowest BCUT2D eigenvalue weighted by Crippen LogP contribution is -2.12. The molecule has 0 aliphatic carbocycles. The van der Waals surface area contributed by atoms with Gasteiger partial charge in [-0.05, 0) is 55.5 Å². The zero-order valence-electron chi connectivity index (χ0n) is 18.4. The summed E-state index contributed by atoms with van der Waals surface area (Å²) in [7, 11) is 0. The molecule has 1 aromatic heterocycles. The van der Waals surface area contributed by atoms with Crippen LogP contribution in [-0.4, -0.2) is 15.9 Å². The quantitative estimate of drug-likeness (QED) is 0.287. The van der Waals surface area contributed by atoms with E-state index in [-0.39, 0.29) is 5.91 Å². The molecule has 4 aromatic carbocycles. The monoisotopic (exact) mass is 464 g/mol. The SMILES string of the molecule is Cc1ccc(NC(=O)c2cccc(Nc3nc(-c4ccccc4)c4cc(Cl)ccc4n3)c2)cc1. The average Bonchev–Trinajstić information content (AvgIpc) is 2.86. The van der Waals surface area contributed by atoms with Crippen molar-refractivity contribution in [3.8, 4) is 11.3 Å². The predicted molar refractivity (Wildman–Crippen MR) is 139 cm³/mol. The van der Waals surface area contributed by atoms with E-state index < -0.39 is 0 Å². The number of nitrogens with zero attached hydrogens (tertiary/aromatic N) is 2. The summed E-state index contributed by atoms with van der Waals surface area (Å²) in [5, 5.41) is 7.68. The topological polar surface area (TPSA) is 66.9 Å². The smallest absolute Gasteiger partial charge is 0.255 e. The number of amides is 1. The average molecular weight is 465 g/mol. The minimum Gasteiger partial charge on any atom is -0.324 e. The molecule has 5 rings (SSSR count). The highest BCUT2D eigenvalue weighted by Gasteiger charge is 2.12. The van der Waals surface area contributed by atoms with Gasteiger partial charge in [-0.3, -0.25) is 4.79 Å². The second-order valence-corrected chi connectivity index (χ2v) is 8.39. The van der Waals surface area contributed by atoms with Gasteiger partial charge >= 0.3 is 0 Å². The lowest BCUT2D eigenvalue weighted by molar-refractivity contribution is 0.102. The number of aryl methyl sites for hydroxylation is 1. The Morgan fingerprint density at radius 3 is 2.38 bits per heavy atom. The number of carbonyl (C=O) groups excluding carboxylic acids is 1. The summed E-state index contributed by atoms with van der Waals surface area (Å²) in [5.74, 6) is 0.247. The zero-order chi connectivity index (χ0) is 23.5. The maximum absolute atomic E-state index is 12.8. The molecule has 0 saturated carbocycles. The third kappa shape index (κ3) is 4.75.